The van der Waals surface area contributed by atoms with Crippen molar-refractivity contribution in [1.82, 2.24) is 10.3 Å². The molecule has 0 saturated carbocycles. The van der Waals surface area contributed by atoms with E-state index in [0.29, 0.717) is 0 Å². The molecule has 2 heterocycles. The number of benzene rings is 1. The smallest absolute Gasteiger partial charge is 0.127 e. The van der Waals surface area contributed by atoms with Crippen molar-refractivity contribution in [3.63, 3.8) is 0 Å². The van der Waals surface area contributed by atoms with E-state index < -0.39 is 0 Å². The Kier molecular flexibility index (Phi) is 4.10. The number of nitrogens with zero attached hydrogens (tertiary/aromatic N) is 1. The maximum absolute atomic E-state index is 6.16. The SMILES string of the molecule is CNC1CC(c2cncc(Br)c2)Oc2cc(Br)ccc21. The molecule has 2 aromatic rings. The van der Waals surface area contributed by atoms with Crippen molar-refractivity contribution in [2.24, 2.45) is 0 Å². The predicted molar refractivity (Wildman–Crippen MR) is 85.9 cm³/mol. The zero-order chi connectivity index (χ0) is 14.1. The van der Waals surface area contributed by atoms with Crippen LogP contribution in [0.2, 0.25) is 0 Å². The van der Waals surface area contributed by atoms with Gasteiger partial charge in [-0.3, -0.25) is 4.98 Å². The summed E-state index contributed by atoms with van der Waals surface area (Å²) in [6.45, 7) is 0. The number of halogens is 2. The van der Waals surface area contributed by atoms with E-state index in [-0.39, 0.29) is 12.1 Å². The molecular formula is C15H14Br2N2O. The maximum Gasteiger partial charge on any atom is 0.127 e. The minimum Gasteiger partial charge on any atom is -0.485 e. The van der Waals surface area contributed by atoms with Gasteiger partial charge in [0.2, 0.25) is 0 Å². The largest absolute Gasteiger partial charge is 0.485 e. The Bertz CT molecular complexity index is 633. The molecule has 2 atom stereocenters. The fourth-order valence-corrected chi connectivity index (χ4v) is 3.25. The quantitative estimate of drug-likeness (QED) is 0.815. The zero-order valence-corrected chi connectivity index (χ0v) is 14.1. The van der Waals surface area contributed by atoms with E-state index >= 15 is 0 Å². The topological polar surface area (TPSA) is 34.2 Å². The third kappa shape index (κ3) is 2.75. The summed E-state index contributed by atoms with van der Waals surface area (Å²) in [6.07, 6.45) is 4.56. The fourth-order valence-electron chi connectivity index (χ4n) is 2.52. The number of fused-ring (bicyclic) bond motifs is 1. The summed E-state index contributed by atoms with van der Waals surface area (Å²) >= 11 is 6.96. The monoisotopic (exact) mass is 396 g/mol. The van der Waals surface area contributed by atoms with Crippen LogP contribution in [0.5, 0.6) is 5.75 Å². The minimum atomic E-state index is 0.0132. The van der Waals surface area contributed by atoms with Crippen LogP contribution >= 0.6 is 31.9 Å². The summed E-state index contributed by atoms with van der Waals surface area (Å²) in [5, 5.41) is 3.37. The van der Waals surface area contributed by atoms with Crippen LogP contribution in [0.4, 0.5) is 0 Å². The number of hydrogen-bond acceptors (Lipinski definition) is 3. The molecule has 1 aliphatic rings. The minimum absolute atomic E-state index is 0.0132. The molecule has 3 rings (SSSR count). The van der Waals surface area contributed by atoms with E-state index in [1.54, 1.807) is 6.20 Å². The molecule has 104 valence electrons. The molecule has 0 aliphatic carbocycles. The highest BCUT2D eigenvalue weighted by Crippen LogP contribution is 2.41. The molecule has 1 aromatic heterocycles. The van der Waals surface area contributed by atoms with Gasteiger partial charge >= 0.3 is 0 Å². The molecule has 1 N–H and O–H groups in total. The Morgan fingerprint density at radius 2 is 2.05 bits per heavy atom. The van der Waals surface area contributed by atoms with E-state index in [1.807, 2.05) is 25.4 Å². The first-order chi connectivity index (χ1) is 9.67. The van der Waals surface area contributed by atoms with Crippen molar-refractivity contribution in [3.8, 4) is 5.75 Å². The van der Waals surface area contributed by atoms with Crippen molar-refractivity contribution < 1.29 is 4.74 Å². The summed E-state index contributed by atoms with van der Waals surface area (Å²) in [4.78, 5) is 4.23. The van der Waals surface area contributed by atoms with Crippen LogP contribution < -0.4 is 10.1 Å². The van der Waals surface area contributed by atoms with Gasteiger partial charge < -0.3 is 10.1 Å². The van der Waals surface area contributed by atoms with Gasteiger partial charge in [0.1, 0.15) is 11.9 Å². The number of aromatic nitrogens is 1. The van der Waals surface area contributed by atoms with Crippen LogP contribution in [0.25, 0.3) is 0 Å². The summed E-state index contributed by atoms with van der Waals surface area (Å²) in [7, 11) is 1.98. The molecule has 3 nitrogen and oxygen atoms in total. The Labute approximate surface area is 135 Å². The summed E-state index contributed by atoms with van der Waals surface area (Å²) in [5.74, 6) is 0.926. The third-order valence-corrected chi connectivity index (χ3v) is 4.44. The molecule has 5 heteroatoms. The van der Waals surface area contributed by atoms with Gasteiger partial charge in [-0.2, -0.15) is 0 Å². The van der Waals surface area contributed by atoms with Gasteiger partial charge in [-0.25, -0.2) is 0 Å². The van der Waals surface area contributed by atoms with E-state index in [0.717, 1.165) is 26.7 Å². The van der Waals surface area contributed by atoms with Crippen molar-refractivity contribution in [3.05, 3.63) is 56.7 Å². The average Bonchev–Trinajstić information content (AvgIpc) is 2.45. The molecule has 1 aliphatic heterocycles. The first kappa shape index (κ1) is 14.0. The number of hydrogen-bond donors (Lipinski definition) is 1. The number of ether oxygens (including phenoxy) is 1. The van der Waals surface area contributed by atoms with Crippen molar-refractivity contribution in [2.45, 2.75) is 18.6 Å². The number of nitrogens with one attached hydrogen (secondary N) is 1. The van der Waals surface area contributed by atoms with E-state index in [2.05, 4.69) is 54.3 Å². The molecule has 0 spiro atoms. The molecule has 1 aromatic carbocycles. The molecule has 0 bridgehead atoms. The first-order valence-electron chi connectivity index (χ1n) is 6.41. The Balaban J connectivity index is 1.97. The lowest BCUT2D eigenvalue weighted by Gasteiger charge is -2.32. The molecular weight excluding hydrogens is 384 g/mol. The highest BCUT2D eigenvalue weighted by Gasteiger charge is 2.28. The lowest BCUT2D eigenvalue weighted by molar-refractivity contribution is 0.153. The normalized spacial score (nSPS) is 21.1. The molecule has 0 fully saturated rings. The third-order valence-electron chi connectivity index (χ3n) is 3.52. The average molecular weight is 398 g/mol. The highest BCUT2D eigenvalue weighted by molar-refractivity contribution is 9.10. The molecule has 0 amide bonds. The van der Waals surface area contributed by atoms with Crippen LogP contribution in [-0.2, 0) is 0 Å². The molecule has 0 saturated heterocycles. The maximum atomic E-state index is 6.16. The highest BCUT2D eigenvalue weighted by atomic mass is 79.9. The van der Waals surface area contributed by atoms with E-state index in [9.17, 15) is 0 Å². The van der Waals surface area contributed by atoms with Crippen LogP contribution in [0.1, 0.15) is 29.7 Å². The lowest BCUT2D eigenvalue weighted by Crippen LogP contribution is -2.26. The van der Waals surface area contributed by atoms with Crippen molar-refractivity contribution in [2.75, 3.05) is 7.05 Å². The summed E-state index contributed by atoms with van der Waals surface area (Å²) in [6, 6.07) is 8.53. The second kappa shape index (κ2) is 5.84. The van der Waals surface area contributed by atoms with Gasteiger partial charge in [-0.15, -0.1) is 0 Å². The van der Waals surface area contributed by atoms with Crippen molar-refractivity contribution in [1.29, 1.82) is 0 Å². The Morgan fingerprint density at radius 1 is 1.20 bits per heavy atom. The summed E-state index contributed by atoms with van der Waals surface area (Å²) < 4.78 is 8.15. The van der Waals surface area contributed by atoms with E-state index in [1.165, 1.54) is 5.56 Å². The van der Waals surface area contributed by atoms with Gasteiger partial charge in [0, 0.05) is 44.9 Å². The fraction of sp³-hybridized carbons (Fsp3) is 0.267. The van der Waals surface area contributed by atoms with Gasteiger partial charge in [-0.1, -0.05) is 22.0 Å². The van der Waals surface area contributed by atoms with Gasteiger partial charge in [-0.05, 0) is 41.2 Å². The Morgan fingerprint density at radius 3 is 2.80 bits per heavy atom. The molecule has 0 radical (unpaired) electrons. The second-order valence-corrected chi connectivity index (χ2v) is 6.63. The lowest BCUT2D eigenvalue weighted by atomic mass is 9.94. The van der Waals surface area contributed by atoms with Crippen LogP contribution in [0, 0.1) is 0 Å². The number of pyridine rings is 1. The predicted octanol–water partition coefficient (Wildman–Crippen LogP) is 4.39. The van der Waals surface area contributed by atoms with Crippen LogP contribution in [0.15, 0.2) is 45.6 Å². The van der Waals surface area contributed by atoms with Gasteiger partial charge in [0.25, 0.3) is 0 Å². The van der Waals surface area contributed by atoms with Gasteiger partial charge in [0.15, 0.2) is 0 Å². The number of rotatable bonds is 2. The zero-order valence-electron chi connectivity index (χ0n) is 10.9. The van der Waals surface area contributed by atoms with E-state index in [4.69, 9.17) is 4.74 Å². The standard InChI is InChI=1S/C15H14Br2N2O/c1-18-13-6-14(9-4-11(17)8-19-7-9)20-15-5-10(16)2-3-12(13)15/h2-5,7-8,13-14,18H,6H2,1H3. The van der Waals surface area contributed by atoms with Crippen LogP contribution in [-0.4, -0.2) is 12.0 Å². The summed E-state index contributed by atoms with van der Waals surface area (Å²) in [5.41, 5.74) is 2.29. The van der Waals surface area contributed by atoms with Crippen molar-refractivity contribution >= 4 is 31.9 Å². The second-order valence-electron chi connectivity index (χ2n) is 4.80. The molecule has 2 unspecified atom stereocenters. The Hall–Kier alpha value is -0.910. The van der Waals surface area contributed by atoms with Gasteiger partial charge in [0.05, 0.1) is 0 Å². The first-order valence-corrected chi connectivity index (χ1v) is 8.00. The van der Waals surface area contributed by atoms with Crippen LogP contribution in [0.3, 0.4) is 0 Å². The molecule has 20 heavy (non-hydrogen) atoms.